The molecule has 54 valence electrons. The molecule has 0 radical (unpaired) electrons. The second-order valence-corrected chi connectivity index (χ2v) is 2.76. The molecule has 1 rings (SSSR count). The molecule has 1 aromatic rings. The maximum absolute atomic E-state index is 12.6. The molecular formula is C6H6FNOS. The lowest BCUT2D eigenvalue weighted by atomic mass is 10.4. The molecule has 0 aliphatic heterocycles. The molecule has 4 heteroatoms. The van der Waals surface area contributed by atoms with Crippen LogP contribution in [0.15, 0.2) is 29.2 Å². The summed E-state index contributed by atoms with van der Waals surface area (Å²) in [4.78, 5) is 0.0440. The van der Waals surface area contributed by atoms with Gasteiger partial charge in [-0.25, -0.2) is 13.7 Å². The van der Waals surface area contributed by atoms with E-state index in [1.807, 2.05) is 0 Å². The number of rotatable bonds is 1. The number of halogens is 1. The first-order valence-electron chi connectivity index (χ1n) is 2.62. The molecule has 1 atom stereocenters. The van der Waals surface area contributed by atoms with E-state index in [1.54, 1.807) is 6.07 Å². The molecule has 0 spiro atoms. The third kappa shape index (κ3) is 1.40. The van der Waals surface area contributed by atoms with Crippen LogP contribution in [0.3, 0.4) is 0 Å². The molecule has 1 unspecified atom stereocenters. The molecule has 0 saturated heterocycles. The Hall–Kier alpha value is -0.740. The Bertz CT molecular complexity index is 264. The van der Waals surface area contributed by atoms with Crippen molar-refractivity contribution >= 4 is 11.0 Å². The normalized spacial score (nSPS) is 13.0. The van der Waals surface area contributed by atoms with Crippen molar-refractivity contribution in [2.75, 3.05) is 0 Å². The third-order valence-electron chi connectivity index (χ3n) is 1.05. The second kappa shape index (κ2) is 2.90. The van der Waals surface area contributed by atoms with Crippen molar-refractivity contribution in [2.24, 2.45) is 5.14 Å². The van der Waals surface area contributed by atoms with Crippen LogP contribution in [-0.4, -0.2) is 4.21 Å². The zero-order chi connectivity index (χ0) is 7.56. The first-order valence-corrected chi connectivity index (χ1v) is 3.84. The molecule has 2 N–H and O–H groups in total. The van der Waals surface area contributed by atoms with Gasteiger partial charge in [0.25, 0.3) is 0 Å². The van der Waals surface area contributed by atoms with Crippen molar-refractivity contribution in [3.05, 3.63) is 30.1 Å². The van der Waals surface area contributed by atoms with Crippen molar-refractivity contribution in [1.82, 2.24) is 0 Å². The van der Waals surface area contributed by atoms with Crippen molar-refractivity contribution in [1.29, 1.82) is 0 Å². The summed E-state index contributed by atoms with van der Waals surface area (Å²) in [5.74, 6) is -0.525. The van der Waals surface area contributed by atoms with E-state index in [1.165, 1.54) is 18.2 Å². The number of hydrogen-bond acceptors (Lipinski definition) is 1. The van der Waals surface area contributed by atoms with Gasteiger partial charge in [0.05, 0.1) is 4.90 Å². The van der Waals surface area contributed by atoms with Crippen molar-refractivity contribution < 1.29 is 8.60 Å². The smallest absolute Gasteiger partial charge is 0.140 e. The highest BCUT2D eigenvalue weighted by Gasteiger charge is 2.02. The number of benzene rings is 1. The summed E-state index contributed by atoms with van der Waals surface area (Å²) < 4.78 is 23.1. The standard InChI is InChI=1S/C6H6FNOS/c7-5-3-1-2-4-6(5)10(8)9/h1-4H,8H2. The summed E-state index contributed by atoms with van der Waals surface area (Å²) in [5, 5.41) is 4.95. The monoisotopic (exact) mass is 159 g/mol. The lowest BCUT2D eigenvalue weighted by Gasteiger charge is -1.94. The van der Waals surface area contributed by atoms with Gasteiger partial charge in [-0.15, -0.1) is 0 Å². The van der Waals surface area contributed by atoms with E-state index in [-0.39, 0.29) is 4.90 Å². The Kier molecular flexibility index (Phi) is 2.13. The van der Waals surface area contributed by atoms with Gasteiger partial charge in [0.15, 0.2) is 0 Å². The highest BCUT2D eigenvalue weighted by molar-refractivity contribution is 7.82. The molecule has 0 heterocycles. The highest BCUT2D eigenvalue weighted by Crippen LogP contribution is 2.07. The summed E-state index contributed by atoms with van der Waals surface area (Å²) in [5.41, 5.74) is 0. The molecule has 1 aromatic carbocycles. The van der Waals surface area contributed by atoms with Gasteiger partial charge >= 0.3 is 0 Å². The quantitative estimate of drug-likeness (QED) is 0.647. The van der Waals surface area contributed by atoms with Crippen LogP contribution in [0.2, 0.25) is 0 Å². The van der Waals surface area contributed by atoms with Crippen LogP contribution in [0, 0.1) is 5.82 Å². The SMILES string of the molecule is NS(=O)c1ccccc1F. The van der Waals surface area contributed by atoms with Gasteiger partial charge in [-0.1, -0.05) is 12.1 Å². The van der Waals surface area contributed by atoms with Gasteiger partial charge in [0.2, 0.25) is 0 Å². The topological polar surface area (TPSA) is 43.1 Å². The summed E-state index contributed by atoms with van der Waals surface area (Å²) in [6.07, 6.45) is 0. The van der Waals surface area contributed by atoms with Crippen LogP contribution in [-0.2, 0) is 11.0 Å². The van der Waals surface area contributed by atoms with E-state index in [4.69, 9.17) is 5.14 Å². The fraction of sp³-hybridized carbons (Fsp3) is 0. The van der Waals surface area contributed by atoms with Crippen LogP contribution in [0.25, 0.3) is 0 Å². The van der Waals surface area contributed by atoms with Gasteiger partial charge in [-0.05, 0) is 12.1 Å². The molecule has 0 aromatic heterocycles. The predicted octanol–water partition coefficient (Wildman–Crippen LogP) is 0.807. The maximum atomic E-state index is 12.6. The number of nitrogens with two attached hydrogens (primary N) is 1. The van der Waals surface area contributed by atoms with Crippen molar-refractivity contribution in [3.63, 3.8) is 0 Å². The molecule has 0 saturated carbocycles. The number of hydrogen-bond donors (Lipinski definition) is 1. The van der Waals surface area contributed by atoms with Crippen molar-refractivity contribution in [2.45, 2.75) is 4.90 Å². The minimum Gasteiger partial charge on any atom is -0.247 e. The molecule has 0 bridgehead atoms. The van der Waals surface area contributed by atoms with Gasteiger partial charge in [-0.2, -0.15) is 0 Å². The van der Waals surface area contributed by atoms with E-state index in [0.29, 0.717) is 0 Å². The van der Waals surface area contributed by atoms with E-state index in [9.17, 15) is 8.60 Å². The van der Waals surface area contributed by atoms with Crippen LogP contribution in [0.4, 0.5) is 4.39 Å². The van der Waals surface area contributed by atoms with E-state index < -0.39 is 16.8 Å². The highest BCUT2D eigenvalue weighted by atomic mass is 32.2. The molecule has 0 fully saturated rings. The average molecular weight is 159 g/mol. The molecule has 0 amide bonds. The maximum Gasteiger partial charge on any atom is 0.140 e. The second-order valence-electron chi connectivity index (χ2n) is 1.73. The predicted molar refractivity (Wildman–Crippen MR) is 37.0 cm³/mol. The Morgan fingerprint density at radius 1 is 1.40 bits per heavy atom. The Morgan fingerprint density at radius 3 is 2.40 bits per heavy atom. The van der Waals surface area contributed by atoms with Gasteiger partial charge in [-0.3, -0.25) is 0 Å². The Labute approximate surface area is 60.4 Å². The van der Waals surface area contributed by atoms with Crippen LogP contribution in [0.1, 0.15) is 0 Å². The molecule has 0 aliphatic rings. The molecule has 10 heavy (non-hydrogen) atoms. The van der Waals surface area contributed by atoms with E-state index in [0.717, 1.165) is 0 Å². The van der Waals surface area contributed by atoms with Crippen LogP contribution in [0.5, 0.6) is 0 Å². The summed E-state index contributed by atoms with van der Waals surface area (Å²) in [6.45, 7) is 0. The lowest BCUT2D eigenvalue weighted by Crippen LogP contribution is -2.04. The summed E-state index contributed by atoms with van der Waals surface area (Å²) in [7, 11) is -1.72. The van der Waals surface area contributed by atoms with Gasteiger partial charge in [0, 0.05) is 0 Å². The van der Waals surface area contributed by atoms with Crippen LogP contribution >= 0.6 is 0 Å². The first kappa shape index (κ1) is 7.37. The Morgan fingerprint density at radius 2 is 2.00 bits per heavy atom. The summed E-state index contributed by atoms with van der Waals surface area (Å²) >= 11 is 0. The molecular weight excluding hydrogens is 153 g/mol. The van der Waals surface area contributed by atoms with Gasteiger partial charge < -0.3 is 0 Å². The van der Waals surface area contributed by atoms with Crippen molar-refractivity contribution in [3.8, 4) is 0 Å². The zero-order valence-corrected chi connectivity index (χ0v) is 5.90. The lowest BCUT2D eigenvalue weighted by molar-refractivity contribution is 0.595. The minimum absolute atomic E-state index is 0.0440. The first-order chi connectivity index (χ1) is 4.72. The largest absolute Gasteiger partial charge is 0.247 e. The van der Waals surface area contributed by atoms with E-state index >= 15 is 0 Å². The fourth-order valence-electron chi connectivity index (χ4n) is 0.608. The molecule has 2 nitrogen and oxygen atoms in total. The Balaban J connectivity index is 3.15. The summed E-state index contributed by atoms with van der Waals surface area (Å²) in [6, 6.07) is 5.72. The fourth-order valence-corrected chi connectivity index (χ4v) is 1.08. The molecule has 0 aliphatic carbocycles. The third-order valence-corrected chi connectivity index (χ3v) is 1.82. The van der Waals surface area contributed by atoms with E-state index in [2.05, 4.69) is 0 Å². The average Bonchev–Trinajstić information content (AvgIpc) is 1.88. The minimum atomic E-state index is -1.72. The van der Waals surface area contributed by atoms with Crippen LogP contribution < -0.4 is 5.14 Å². The zero-order valence-electron chi connectivity index (χ0n) is 5.08. The van der Waals surface area contributed by atoms with Gasteiger partial charge in [0.1, 0.15) is 16.8 Å².